The van der Waals surface area contributed by atoms with E-state index in [1.807, 2.05) is 39.8 Å². The van der Waals surface area contributed by atoms with Crippen molar-refractivity contribution in [3.8, 4) is 0 Å². The number of halogens is 2. The van der Waals surface area contributed by atoms with Gasteiger partial charge in [0.05, 0.1) is 10.6 Å². The van der Waals surface area contributed by atoms with Crippen molar-refractivity contribution in [1.82, 2.24) is 10.2 Å². The number of unbranched alkanes of at least 4 members (excludes halogenated alkanes) is 1. The van der Waals surface area contributed by atoms with Crippen molar-refractivity contribution < 1.29 is 18.0 Å². The maximum Gasteiger partial charge on any atom is 0.264 e. The molecule has 1 atom stereocenters. The Balaban J connectivity index is 2.04. The number of amides is 2. The minimum absolute atomic E-state index is 0.0120. The number of rotatable bonds is 13. The maximum absolute atomic E-state index is 14.1. The van der Waals surface area contributed by atoms with Gasteiger partial charge in [-0.1, -0.05) is 86.3 Å². The molecule has 3 aromatic rings. The number of aryl methyl sites for hydroxylation is 1. The molecular weight excluding hydrogens is 593 g/mol. The van der Waals surface area contributed by atoms with Gasteiger partial charge in [-0.2, -0.15) is 0 Å². The summed E-state index contributed by atoms with van der Waals surface area (Å²) in [5.74, 6) is -0.645. The summed E-state index contributed by atoms with van der Waals surface area (Å²) in [4.78, 5) is 28.6. The van der Waals surface area contributed by atoms with Crippen LogP contribution in [0.25, 0.3) is 0 Å². The van der Waals surface area contributed by atoms with Gasteiger partial charge in [0, 0.05) is 23.1 Å². The first-order valence-corrected chi connectivity index (χ1v) is 16.2. The van der Waals surface area contributed by atoms with Gasteiger partial charge < -0.3 is 10.2 Å². The van der Waals surface area contributed by atoms with E-state index in [1.54, 1.807) is 49.4 Å². The topological polar surface area (TPSA) is 86.8 Å². The van der Waals surface area contributed by atoms with Crippen LogP contribution in [0.1, 0.15) is 63.1 Å². The molecule has 0 saturated carbocycles. The minimum atomic E-state index is -4.14. The fourth-order valence-electron chi connectivity index (χ4n) is 4.34. The first-order chi connectivity index (χ1) is 19.8. The molecule has 0 aliphatic rings. The highest BCUT2D eigenvalue weighted by Gasteiger charge is 2.32. The van der Waals surface area contributed by atoms with E-state index in [4.69, 9.17) is 23.2 Å². The Labute approximate surface area is 259 Å². The summed E-state index contributed by atoms with van der Waals surface area (Å²) in [6, 6.07) is 17.6. The molecule has 0 fully saturated rings. The fraction of sp³-hybridized carbons (Fsp3) is 0.375. The first kappa shape index (κ1) is 33.4. The highest BCUT2D eigenvalue weighted by Crippen LogP contribution is 2.28. The second kappa shape index (κ2) is 14.9. The van der Waals surface area contributed by atoms with Crippen molar-refractivity contribution in [2.75, 3.05) is 17.4 Å². The Kier molecular flexibility index (Phi) is 11.9. The molecule has 0 saturated heterocycles. The molecule has 3 aromatic carbocycles. The van der Waals surface area contributed by atoms with Gasteiger partial charge in [-0.15, -0.1) is 0 Å². The van der Waals surface area contributed by atoms with E-state index in [0.717, 1.165) is 28.3 Å². The standard InChI is InChI=1S/C32H39Cl2N3O4S/c1-6-7-18-35-32(39)24(5)36(20-26-10-13-27(33)19-30(26)34)31(38)21-37(28-14-11-25(12-15-28)22(2)3)42(40,41)29-16-8-23(4)9-17-29/h8-17,19,22,24H,6-7,18,20-21H2,1-5H3,(H,35,39). The highest BCUT2D eigenvalue weighted by atomic mass is 35.5. The number of hydrogen-bond donors (Lipinski definition) is 1. The third-order valence-corrected chi connectivity index (χ3v) is 9.46. The molecule has 10 heteroatoms. The van der Waals surface area contributed by atoms with Gasteiger partial charge in [-0.05, 0) is 73.7 Å². The zero-order valence-corrected chi connectivity index (χ0v) is 27.1. The predicted molar refractivity (Wildman–Crippen MR) is 171 cm³/mol. The number of carbonyl (C=O) groups is 2. The van der Waals surface area contributed by atoms with E-state index in [2.05, 4.69) is 5.32 Å². The van der Waals surface area contributed by atoms with Crippen LogP contribution in [0.3, 0.4) is 0 Å². The average Bonchev–Trinajstić information content (AvgIpc) is 2.95. The zero-order chi connectivity index (χ0) is 31.0. The lowest BCUT2D eigenvalue weighted by Crippen LogP contribution is -2.51. The Morgan fingerprint density at radius 2 is 1.57 bits per heavy atom. The summed E-state index contributed by atoms with van der Waals surface area (Å²) in [7, 11) is -4.14. The van der Waals surface area contributed by atoms with Crippen molar-refractivity contribution in [2.24, 2.45) is 0 Å². The van der Waals surface area contributed by atoms with Crippen LogP contribution in [-0.4, -0.2) is 44.3 Å². The van der Waals surface area contributed by atoms with E-state index in [1.165, 1.54) is 17.0 Å². The number of hydrogen-bond acceptors (Lipinski definition) is 4. The molecule has 0 aliphatic heterocycles. The molecule has 0 radical (unpaired) electrons. The summed E-state index contributed by atoms with van der Waals surface area (Å²) >= 11 is 12.5. The average molecular weight is 633 g/mol. The molecule has 226 valence electrons. The fourth-order valence-corrected chi connectivity index (χ4v) is 6.23. The van der Waals surface area contributed by atoms with Gasteiger partial charge in [-0.25, -0.2) is 8.42 Å². The molecule has 0 spiro atoms. The van der Waals surface area contributed by atoms with Crippen LogP contribution in [0.5, 0.6) is 0 Å². The lowest BCUT2D eigenvalue weighted by Gasteiger charge is -2.32. The van der Waals surface area contributed by atoms with Gasteiger partial charge in [0.2, 0.25) is 11.8 Å². The van der Waals surface area contributed by atoms with E-state index in [-0.39, 0.29) is 23.3 Å². The van der Waals surface area contributed by atoms with E-state index in [0.29, 0.717) is 27.8 Å². The van der Waals surface area contributed by atoms with Gasteiger partial charge in [-0.3, -0.25) is 13.9 Å². The van der Waals surface area contributed by atoms with Crippen molar-refractivity contribution in [3.63, 3.8) is 0 Å². The SMILES string of the molecule is CCCCNC(=O)C(C)N(Cc1ccc(Cl)cc1Cl)C(=O)CN(c1ccc(C(C)C)cc1)S(=O)(=O)c1ccc(C)cc1. The number of benzene rings is 3. The summed E-state index contributed by atoms with van der Waals surface area (Å²) in [6.45, 7) is 9.55. The molecule has 2 amide bonds. The third kappa shape index (κ3) is 8.49. The third-order valence-electron chi connectivity index (χ3n) is 7.09. The van der Waals surface area contributed by atoms with Crippen LogP contribution < -0.4 is 9.62 Å². The number of nitrogens with one attached hydrogen (secondary N) is 1. The molecule has 7 nitrogen and oxygen atoms in total. The van der Waals surface area contributed by atoms with E-state index < -0.39 is 28.5 Å². The van der Waals surface area contributed by atoms with Crippen LogP contribution in [-0.2, 0) is 26.2 Å². The van der Waals surface area contributed by atoms with E-state index >= 15 is 0 Å². The number of nitrogens with zero attached hydrogens (tertiary/aromatic N) is 2. The van der Waals surface area contributed by atoms with Gasteiger partial charge in [0.1, 0.15) is 12.6 Å². The van der Waals surface area contributed by atoms with Crippen molar-refractivity contribution >= 4 is 50.7 Å². The van der Waals surface area contributed by atoms with Crippen LogP contribution in [0, 0.1) is 6.92 Å². The van der Waals surface area contributed by atoms with E-state index in [9.17, 15) is 18.0 Å². The van der Waals surface area contributed by atoms with Gasteiger partial charge in [0.25, 0.3) is 10.0 Å². The smallest absolute Gasteiger partial charge is 0.264 e. The van der Waals surface area contributed by atoms with Crippen LogP contribution in [0.4, 0.5) is 5.69 Å². The van der Waals surface area contributed by atoms with Gasteiger partial charge in [0.15, 0.2) is 0 Å². The summed E-state index contributed by atoms with van der Waals surface area (Å²) < 4.78 is 29.1. The predicted octanol–water partition coefficient (Wildman–Crippen LogP) is 6.95. The number of sulfonamides is 1. The lowest BCUT2D eigenvalue weighted by atomic mass is 10.0. The molecular formula is C32H39Cl2N3O4S. The van der Waals surface area contributed by atoms with Crippen molar-refractivity contribution in [3.05, 3.63) is 93.5 Å². The Morgan fingerprint density at radius 3 is 2.14 bits per heavy atom. The van der Waals surface area contributed by atoms with Crippen LogP contribution in [0.15, 0.2) is 71.6 Å². The summed E-state index contributed by atoms with van der Waals surface area (Å²) in [6.07, 6.45) is 1.70. The molecule has 1 unspecified atom stereocenters. The number of anilines is 1. The van der Waals surface area contributed by atoms with Crippen LogP contribution >= 0.6 is 23.2 Å². The summed E-state index contributed by atoms with van der Waals surface area (Å²) in [5, 5.41) is 3.65. The van der Waals surface area contributed by atoms with Gasteiger partial charge >= 0.3 is 0 Å². The monoisotopic (exact) mass is 631 g/mol. The number of carbonyl (C=O) groups excluding carboxylic acids is 2. The molecule has 3 rings (SSSR count). The maximum atomic E-state index is 14.1. The second-order valence-electron chi connectivity index (χ2n) is 10.6. The first-order valence-electron chi connectivity index (χ1n) is 14.1. The molecule has 1 N–H and O–H groups in total. The highest BCUT2D eigenvalue weighted by molar-refractivity contribution is 7.92. The Hall–Kier alpha value is -3.07. The Morgan fingerprint density at radius 1 is 0.929 bits per heavy atom. The summed E-state index contributed by atoms with van der Waals surface area (Å²) in [5.41, 5.74) is 2.87. The van der Waals surface area contributed by atoms with Crippen molar-refractivity contribution in [2.45, 2.75) is 70.9 Å². The quantitative estimate of drug-likeness (QED) is 0.207. The second-order valence-corrected chi connectivity index (χ2v) is 13.4. The zero-order valence-electron chi connectivity index (χ0n) is 24.7. The van der Waals surface area contributed by atoms with Crippen LogP contribution in [0.2, 0.25) is 10.0 Å². The molecule has 0 heterocycles. The normalized spacial score (nSPS) is 12.2. The minimum Gasteiger partial charge on any atom is -0.354 e. The molecule has 0 aliphatic carbocycles. The molecule has 42 heavy (non-hydrogen) atoms. The lowest BCUT2D eigenvalue weighted by molar-refractivity contribution is -0.139. The largest absolute Gasteiger partial charge is 0.354 e. The molecule has 0 bridgehead atoms. The Bertz CT molecular complexity index is 1480. The van der Waals surface area contributed by atoms with Crippen molar-refractivity contribution in [1.29, 1.82) is 0 Å². The molecule has 0 aromatic heterocycles.